The summed E-state index contributed by atoms with van der Waals surface area (Å²) >= 11 is 3.49. The van der Waals surface area contributed by atoms with Crippen LogP contribution in [0.25, 0.3) is 0 Å². The van der Waals surface area contributed by atoms with Crippen molar-refractivity contribution >= 4 is 15.9 Å². The Kier molecular flexibility index (Phi) is 3.05. The molecule has 0 bridgehead atoms. The van der Waals surface area contributed by atoms with Crippen LogP contribution in [0.15, 0.2) is 24.3 Å². The minimum Gasteiger partial charge on any atom is -0.0928 e. The topological polar surface area (TPSA) is 0 Å². The van der Waals surface area contributed by atoms with E-state index in [1.54, 1.807) is 11.1 Å². The van der Waals surface area contributed by atoms with Crippen LogP contribution in [-0.4, -0.2) is 5.33 Å². The highest BCUT2D eigenvalue weighted by Gasteiger charge is 2.19. The molecule has 13 heavy (non-hydrogen) atoms. The third-order valence-corrected chi connectivity index (χ3v) is 3.44. The van der Waals surface area contributed by atoms with Gasteiger partial charge in [-0.2, -0.15) is 0 Å². The molecule has 0 unspecified atom stereocenters. The lowest BCUT2D eigenvalue weighted by Gasteiger charge is -2.05. The van der Waals surface area contributed by atoms with Gasteiger partial charge < -0.3 is 0 Å². The van der Waals surface area contributed by atoms with Gasteiger partial charge in [0.1, 0.15) is 0 Å². The van der Waals surface area contributed by atoms with E-state index in [1.165, 1.54) is 25.7 Å². The van der Waals surface area contributed by atoms with E-state index in [0.717, 1.165) is 11.2 Å². The molecular weight excluding hydrogens is 224 g/mol. The second kappa shape index (κ2) is 4.28. The molecule has 0 amide bonds. The molecule has 0 nitrogen and oxygen atoms in total. The Bertz CT molecular complexity index is 255. The van der Waals surface area contributed by atoms with Crippen molar-refractivity contribution in [3.8, 4) is 0 Å². The predicted molar refractivity (Wildman–Crippen MR) is 60.4 cm³/mol. The number of hydrogen-bond donors (Lipinski definition) is 0. The summed E-state index contributed by atoms with van der Waals surface area (Å²) in [5.74, 6) is 0.912. The molecule has 0 aromatic heterocycles. The highest BCUT2D eigenvalue weighted by atomic mass is 79.9. The van der Waals surface area contributed by atoms with Crippen LogP contribution < -0.4 is 0 Å². The van der Waals surface area contributed by atoms with Gasteiger partial charge in [-0.3, -0.25) is 0 Å². The molecule has 70 valence electrons. The molecule has 0 aliphatic heterocycles. The van der Waals surface area contributed by atoms with Gasteiger partial charge in [-0.1, -0.05) is 40.2 Å². The van der Waals surface area contributed by atoms with E-state index in [2.05, 4.69) is 40.2 Å². The van der Waals surface area contributed by atoms with Gasteiger partial charge in [0.15, 0.2) is 0 Å². The molecule has 0 spiro atoms. The average Bonchev–Trinajstić information content (AvgIpc) is 2.57. The van der Waals surface area contributed by atoms with Crippen LogP contribution in [0.5, 0.6) is 0 Å². The van der Waals surface area contributed by atoms with Crippen molar-refractivity contribution < 1.29 is 0 Å². The molecule has 0 saturated carbocycles. The lowest BCUT2D eigenvalue weighted by atomic mass is 10.0. The van der Waals surface area contributed by atoms with Crippen LogP contribution in [0, 0.1) is 5.92 Å². The van der Waals surface area contributed by atoms with Crippen molar-refractivity contribution in [1.82, 2.24) is 0 Å². The summed E-state index contributed by atoms with van der Waals surface area (Å²) in [6.45, 7) is 0. The molecule has 0 radical (unpaired) electrons. The van der Waals surface area contributed by atoms with Crippen LogP contribution in [0.2, 0.25) is 0 Å². The van der Waals surface area contributed by atoms with Crippen molar-refractivity contribution in [2.24, 2.45) is 5.92 Å². The highest BCUT2D eigenvalue weighted by Crippen LogP contribution is 2.29. The lowest BCUT2D eigenvalue weighted by molar-refractivity contribution is 0.510. The van der Waals surface area contributed by atoms with Gasteiger partial charge in [-0.25, -0.2) is 0 Å². The van der Waals surface area contributed by atoms with Crippen molar-refractivity contribution in [3.05, 3.63) is 35.4 Å². The van der Waals surface area contributed by atoms with E-state index in [1.807, 2.05) is 0 Å². The smallest absolute Gasteiger partial charge is 0.00314 e. The fourth-order valence-electron chi connectivity index (χ4n) is 2.22. The summed E-state index contributed by atoms with van der Waals surface area (Å²) in [5.41, 5.74) is 3.17. The van der Waals surface area contributed by atoms with Crippen LogP contribution in [0.1, 0.15) is 24.0 Å². The van der Waals surface area contributed by atoms with Crippen LogP contribution in [-0.2, 0) is 12.8 Å². The van der Waals surface area contributed by atoms with E-state index in [0.29, 0.717) is 0 Å². The first-order valence-corrected chi connectivity index (χ1v) is 6.15. The summed E-state index contributed by atoms with van der Waals surface area (Å²) in [6.07, 6.45) is 5.31. The standard InChI is InChI=1S/C12H15Br/c13-7-3-4-10-8-11-5-1-2-6-12(11)9-10/h1-2,5-6,10H,3-4,7-9H2. The normalized spacial score (nSPS) is 16.1. The zero-order chi connectivity index (χ0) is 9.10. The first kappa shape index (κ1) is 9.26. The van der Waals surface area contributed by atoms with Gasteiger partial charge in [-0.05, 0) is 42.7 Å². The quantitative estimate of drug-likeness (QED) is 0.707. The van der Waals surface area contributed by atoms with Crippen molar-refractivity contribution in [2.75, 3.05) is 5.33 Å². The maximum absolute atomic E-state index is 3.49. The number of halogens is 1. The minimum atomic E-state index is 0.912. The Morgan fingerprint density at radius 3 is 2.31 bits per heavy atom. The highest BCUT2D eigenvalue weighted by molar-refractivity contribution is 9.09. The van der Waals surface area contributed by atoms with E-state index in [9.17, 15) is 0 Å². The first-order chi connectivity index (χ1) is 6.40. The lowest BCUT2D eigenvalue weighted by Crippen LogP contribution is -1.99. The molecule has 1 aromatic rings. The maximum atomic E-state index is 3.49. The SMILES string of the molecule is BrCCCC1Cc2ccccc2C1. The monoisotopic (exact) mass is 238 g/mol. The van der Waals surface area contributed by atoms with Gasteiger partial charge >= 0.3 is 0 Å². The van der Waals surface area contributed by atoms with Gasteiger partial charge in [0.2, 0.25) is 0 Å². The number of rotatable bonds is 3. The molecule has 0 saturated heterocycles. The Balaban J connectivity index is 1.97. The van der Waals surface area contributed by atoms with Crippen LogP contribution in [0.4, 0.5) is 0 Å². The summed E-state index contributed by atoms with van der Waals surface area (Å²) in [6, 6.07) is 8.88. The third kappa shape index (κ3) is 2.14. The molecule has 0 atom stereocenters. The largest absolute Gasteiger partial charge is 0.0928 e. The summed E-state index contributed by atoms with van der Waals surface area (Å²) in [5, 5.41) is 1.15. The second-order valence-corrected chi connectivity index (χ2v) is 4.67. The van der Waals surface area contributed by atoms with Gasteiger partial charge in [0, 0.05) is 5.33 Å². The Morgan fingerprint density at radius 2 is 1.77 bits per heavy atom. The number of alkyl halides is 1. The van der Waals surface area contributed by atoms with Crippen LogP contribution in [0.3, 0.4) is 0 Å². The number of benzene rings is 1. The van der Waals surface area contributed by atoms with Gasteiger partial charge in [0.05, 0.1) is 0 Å². The molecule has 0 heterocycles. The zero-order valence-electron chi connectivity index (χ0n) is 7.80. The molecule has 1 aliphatic rings. The second-order valence-electron chi connectivity index (χ2n) is 3.87. The Hall–Kier alpha value is -0.300. The van der Waals surface area contributed by atoms with Crippen LogP contribution >= 0.6 is 15.9 Å². The Labute approximate surface area is 88.5 Å². The predicted octanol–water partition coefficient (Wildman–Crippen LogP) is 3.58. The molecule has 0 fully saturated rings. The summed E-state index contributed by atoms with van der Waals surface area (Å²) in [7, 11) is 0. The molecule has 0 N–H and O–H groups in total. The van der Waals surface area contributed by atoms with Crippen molar-refractivity contribution in [3.63, 3.8) is 0 Å². The maximum Gasteiger partial charge on any atom is 0.00314 e. The average molecular weight is 239 g/mol. The number of hydrogen-bond acceptors (Lipinski definition) is 0. The fraction of sp³-hybridized carbons (Fsp3) is 0.500. The molecule has 2 rings (SSSR count). The minimum absolute atomic E-state index is 0.912. The van der Waals surface area contributed by atoms with E-state index < -0.39 is 0 Å². The zero-order valence-corrected chi connectivity index (χ0v) is 9.39. The van der Waals surface area contributed by atoms with Gasteiger partial charge in [0.25, 0.3) is 0 Å². The summed E-state index contributed by atoms with van der Waals surface area (Å²) in [4.78, 5) is 0. The van der Waals surface area contributed by atoms with Gasteiger partial charge in [-0.15, -0.1) is 0 Å². The first-order valence-electron chi connectivity index (χ1n) is 5.03. The molecule has 1 aromatic carbocycles. The van der Waals surface area contributed by atoms with E-state index in [4.69, 9.17) is 0 Å². The van der Waals surface area contributed by atoms with Crippen molar-refractivity contribution in [2.45, 2.75) is 25.7 Å². The molecule has 1 aliphatic carbocycles. The third-order valence-electron chi connectivity index (χ3n) is 2.88. The Morgan fingerprint density at radius 1 is 1.15 bits per heavy atom. The molecule has 1 heteroatoms. The fourth-order valence-corrected chi connectivity index (χ4v) is 2.54. The molecular formula is C12H15Br. The van der Waals surface area contributed by atoms with Crippen molar-refractivity contribution in [1.29, 1.82) is 0 Å². The van der Waals surface area contributed by atoms with E-state index in [-0.39, 0.29) is 0 Å². The van der Waals surface area contributed by atoms with E-state index >= 15 is 0 Å². The number of fused-ring (bicyclic) bond motifs is 1. The summed E-state index contributed by atoms with van der Waals surface area (Å²) < 4.78 is 0.